The molecule has 5 fully saturated rings. The molecule has 7 heterocycles. The van der Waals surface area contributed by atoms with Gasteiger partial charge in [0, 0.05) is 121 Å². The number of ether oxygens (including phenoxy) is 4. The number of rotatable bonds is 8. The molecule has 4 amide bonds. The number of nitriles is 1. The quantitative estimate of drug-likeness (QED) is 0.0161. The van der Waals surface area contributed by atoms with Crippen LogP contribution in [-0.2, 0) is 18.9 Å². The zero-order chi connectivity index (χ0) is 79.6. The van der Waals surface area contributed by atoms with Crippen molar-refractivity contribution in [2.75, 3.05) is 153 Å². The summed E-state index contributed by atoms with van der Waals surface area (Å²) in [5.41, 5.74) is 17.4. The summed E-state index contributed by atoms with van der Waals surface area (Å²) in [6.45, 7) is 52.0. The number of nitrogens with zero attached hydrogens (tertiary/aromatic N) is 18. The van der Waals surface area contributed by atoms with Gasteiger partial charge in [-0.05, 0) is 94.7 Å². The van der Waals surface area contributed by atoms with Crippen molar-refractivity contribution in [2.24, 2.45) is 0 Å². The van der Waals surface area contributed by atoms with Crippen LogP contribution in [0.25, 0.3) is 54.3 Å². The second kappa shape index (κ2) is 49.1. The molecular formula is C76H106ClN22NaO9. The van der Waals surface area contributed by atoms with Gasteiger partial charge in [0.15, 0.2) is 11.6 Å². The summed E-state index contributed by atoms with van der Waals surface area (Å²) >= 11 is 4.82. The van der Waals surface area contributed by atoms with Crippen molar-refractivity contribution in [3.8, 4) is 28.6 Å². The zero-order valence-electron chi connectivity index (χ0n) is 65.4. The van der Waals surface area contributed by atoms with E-state index in [-0.39, 0.29) is 65.4 Å². The second-order valence-corrected chi connectivity index (χ2v) is 28.7. The molecule has 0 aliphatic carbocycles. The van der Waals surface area contributed by atoms with Crippen LogP contribution in [0.3, 0.4) is 0 Å². The van der Waals surface area contributed by atoms with Crippen molar-refractivity contribution in [1.82, 2.24) is 70.9 Å². The molecule has 0 saturated carbocycles. The van der Waals surface area contributed by atoms with Crippen LogP contribution in [0.4, 0.5) is 30.8 Å². The molecule has 5 saturated heterocycles. The molecule has 582 valence electrons. The van der Waals surface area contributed by atoms with E-state index in [1.807, 2.05) is 196 Å². The first-order valence-corrected chi connectivity index (χ1v) is 36.1. The molecule has 33 heteroatoms. The van der Waals surface area contributed by atoms with E-state index in [1.54, 1.807) is 37.8 Å². The van der Waals surface area contributed by atoms with Gasteiger partial charge < -0.3 is 79.8 Å². The van der Waals surface area contributed by atoms with Gasteiger partial charge in [0.25, 0.3) is 6.67 Å². The SMILES string of the molecule is CC(C)(C)OC(=O)N1CCN(c2n[nH]nc2-c2ccccc2)CC1.CC(C)(C)OC(=O)N1CCNCC1.N#CCCl.O=Cc1ccccc1.[C-]#[N+]/C(=C/c1ccccc1)N1CCN(C(=O)OC(C)(C)C)CC1.[C-]#[N+]CN1CCN(C(=O)OC(C)(C)C)CC1.[N-]=[N+]=[N-].[Na+].c1ccc(-c2n[nH]nc2N2CCNCC2)cc1. The van der Waals surface area contributed by atoms with E-state index in [4.69, 9.17) is 60.0 Å². The van der Waals surface area contributed by atoms with Crippen LogP contribution < -0.4 is 50.0 Å². The number of H-pyrrole nitrogens is 2. The molecule has 11 rings (SSSR count). The first-order valence-electron chi connectivity index (χ1n) is 35.6. The standard InChI is InChI=1S/C18H23N3O2.C17H23N5O2.C12H15N5.C11H19N3O2.C9H18N2O2.C7H6O.C2H2ClN.N3.Na/c1-18(2,3)23-17(22)21-12-10-20(11-13-21)16(19-4)14-15-8-6-5-7-9-15;1-17(2,3)24-16(23)22-11-9-21(10-12-22)15-14(18-20-19-15)13-7-5-4-6-8-13;1-2-4-10(5-3-1)11-12(15-16-14-11)17-8-6-13-7-9-17;1-11(2,3)16-10(15)14-7-5-13(6-8-14)9-12-4;1-9(2,3)13-8(12)11-6-4-10-5-7-11;8-6-7-4-2-1-3-5-7;3-1-2-4;1-3-2;/h5-9,14H,10-13H2,1-3H3;4-8H,9-12H2,1-3H3,(H,18,19,20);1-5,13H,6-9H2,(H,14,15,16);5-9H2,1-3H3;10H,4-7H2,1-3H3;1-6H;1H2;;/q;;;;;;;-1;+1/b16-14-;;;;;;;;. The first kappa shape index (κ1) is 93.2. The third-order valence-electron chi connectivity index (χ3n) is 15.3. The molecule has 0 unspecified atom stereocenters. The van der Waals surface area contributed by atoms with E-state index in [9.17, 15) is 24.0 Å². The fourth-order valence-electron chi connectivity index (χ4n) is 10.3. The van der Waals surface area contributed by atoms with E-state index >= 15 is 0 Å². The Morgan fingerprint density at radius 1 is 0.486 bits per heavy atom. The van der Waals surface area contributed by atoms with Crippen molar-refractivity contribution in [3.63, 3.8) is 0 Å². The van der Waals surface area contributed by atoms with Gasteiger partial charge in [-0.1, -0.05) is 128 Å². The van der Waals surface area contributed by atoms with Crippen LogP contribution in [0, 0.1) is 24.5 Å². The normalized spacial score (nSPS) is 15.0. The third-order valence-corrected chi connectivity index (χ3v) is 15.4. The van der Waals surface area contributed by atoms with Gasteiger partial charge in [0.05, 0.1) is 32.2 Å². The third kappa shape index (κ3) is 37.1. The molecule has 2 aromatic heterocycles. The smallest absolute Gasteiger partial charge is 0.444 e. The monoisotopic (exact) mass is 1530 g/mol. The molecule has 5 aliphatic rings. The average Bonchev–Trinajstić information content (AvgIpc) is 1.70. The number of carbonyl (C=O) groups is 5. The van der Waals surface area contributed by atoms with Gasteiger partial charge in [-0.25, -0.2) is 30.7 Å². The van der Waals surface area contributed by atoms with Gasteiger partial charge in [0.1, 0.15) is 46.0 Å². The Hall–Kier alpha value is -10.00. The predicted molar refractivity (Wildman–Crippen MR) is 419 cm³/mol. The van der Waals surface area contributed by atoms with Gasteiger partial charge in [-0.15, -0.1) is 21.8 Å². The number of hydrogen-bond donors (Lipinski definition) is 4. The van der Waals surface area contributed by atoms with E-state index in [0.717, 1.165) is 117 Å². The maximum atomic E-state index is 12.1. The number of piperazine rings is 5. The Morgan fingerprint density at radius 3 is 1.11 bits per heavy atom. The molecular weight excluding hydrogens is 1420 g/mol. The summed E-state index contributed by atoms with van der Waals surface area (Å²) in [5, 5.41) is 36.6. The number of anilines is 2. The molecule has 0 bridgehead atoms. The van der Waals surface area contributed by atoms with Crippen LogP contribution in [0.15, 0.2) is 127 Å². The van der Waals surface area contributed by atoms with Crippen LogP contribution in [-0.4, -0.2) is 257 Å². The summed E-state index contributed by atoms with van der Waals surface area (Å²) < 4.78 is 21.3. The molecule has 0 radical (unpaired) electrons. The molecule has 5 aliphatic heterocycles. The summed E-state index contributed by atoms with van der Waals surface area (Å²) in [6, 6.07) is 40.7. The molecule has 0 atom stereocenters. The number of alkyl halides is 1. The van der Waals surface area contributed by atoms with E-state index in [2.05, 4.69) is 73.1 Å². The van der Waals surface area contributed by atoms with Crippen molar-refractivity contribution >= 4 is 60.0 Å². The van der Waals surface area contributed by atoms with E-state index in [0.29, 0.717) is 77.9 Å². The maximum absolute atomic E-state index is 12.1. The van der Waals surface area contributed by atoms with Gasteiger partial charge >= 0.3 is 53.9 Å². The predicted octanol–water partition coefficient (Wildman–Crippen LogP) is 9.23. The summed E-state index contributed by atoms with van der Waals surface area (Å²) in [4.78, 5) is 81.2. The molecule has 4 N–H and O–H groups in total. The molecule has 0 spiro atoms. The minimum absolute atomic E-state index is 0. The zero-order valence-corrected chi connectivity index (χ0v) is 68.1. The topological polar surface area (TPSA) is 347 Å². The Kier molecular flexibility index (Phi) is 42.0. The number of aromatic amines is 2. The van der Waals surface area contributed by atoms with E-state index < -0.39 is 16.8 Å². The number of aldehydes is 1. The Bertz CT molecular complexity index is 3810. The van der Waals surface area contributed by atoms with Crippen LogP contribution >= 0.6 is 11.6 Å². The fraction of sp³-hybridized carbons (Fsp3) is 0.500. The minimum atomic E-state index is -0.483. The number of amides is 4. The molecule has 31 nitrogen and oxygen atoms in total. The minimum Gasteiger partial charge on any atom is -0.444 e. The van der Waals surface area contributed by atoms with Crippen molar-refractivity contribution < 1.29 is 72.5 Å². The number of aromatic nitrogens is 6. The van der Waals surface area contributed by atoms with E-state index in [1.165, 1.54) is 4.91 Å². The van der Waals surface area contributed by atoms with Crippen LogP contribution in [0.1, 0.15) is 99.0 Å². The molecule has 109 heavy (non-hydrogen) atoms. The average molecular weight is 1530 g/mol. The summed E-state index contributed by atoms with van der Waals surface area (Å²) in [6.07, 6.45) is 1.72. The van der Waals surface area contributed by atoms with Gasteiger partial charge in [-0.2, -0.15) is 25.9 Å². The number of nitrogens with one attached hydrogen (secondary N) is 4. The molecule has 4 aromatic carbocycles. The Morgan fingerprint density at radius 2 is 0.789 bits per heavy atom. The number of carbonyl (C=O) groups excluding carboxylic acids is 5. The Balaban J connectivity index is 0.000000340. The number of benzene rings is 4. The van der Waals surface area contributed by atoms with Crippen molar-refractivity contribution in [2.45, 2.75) is 105 Å². The van der Waals surface area contributed by atoms with Crippen LogP contribution in [0.2, 0.25) is 0 Å². The van der Waals surface area contributed by atoms with Gasteiger partial charge in [0.2, 0.25) is 5.82 Å². The summed E-state index contributed by atoms with van der Waals surface area (Å²) in [5.74, 6) is 2.49. The van der Waals surface area contributed by atoms with Crippen molar-refractivity contribution in [3.05, 3.63) is 177 Å². The fourth-order valence-corrected chi connectivity index (χ4v) is 10.3. The Labute approximate surface area is 668 Å². The molecule has 6 aromatic rings. The first-order chi connectivity index (χ1) is 51.4. The van der Waals surface area contributed by atoms with Gasteiger partial charge in [-0.3, -0.25) is 14.6 Å². The largest absolute Gasteiger partial charge is 1.00 e. The maximum Gasteiger partial charge on any atom is 1.00 e. The van der Waals surface area contributed by atoms with Crippen molar-refractivity contribution in [1.29, 1.82) is 5.26 Å². The second-order valence-electron chi connectivity index (χ2n) is 28.4. The summed E-state index contributed by atoms with van der Waals surface area (Å²) in [7, 11) is 0. The van der Waals surface area contributed by atoms with Crippen LogP contribution in [0.5, 0.6) is 0 Å². The number of hydrogen-bond acceptors (Lipinski definition) is 20. The number of halogens is 1.